The number of nitrogens with zero attached hydrogens (tertiary/aromatic N) is 2. The first-order chi connectivity index (χ1) is 13.0. The summed E-state index contributed by atoms with van der Waals surface area (Å²) in [5, 5.41) is 0. The molecule has 1 aliphatic carbocycles. The van der Waals surface area contributed by atoms with Gasteiger partial charge in [-0.05, 0) is 68.0 Å². The first-order valence-corrected chi connectivity index (χ1v) is 10.5. The highest BCUT2D eigenvalue weighted by atomic mass is 16.5. The molecule has 2 aliphatic rings. The van der Waals surface area contributed by atoms with E-state index in [-0.39, 0.29) is 5.91 Å². The van der Waals surface area contributed by atoms with Crippen LogP contribution in [-0.4, -0.2) is 63.2 Å². The Kier molecular flexibility index (Phi) is 6.93. The molecule has 150 valence electrons. The number of benzene rings is 1. The number of ether oxygens (including phenoxy) is 1. The van der Waals surface area contributed by atoms with Crippen molar-refractivity contribution in [1.29, 1.82) is 0 Å². The second kappa shape index (κ2) is 9.20. The Bertz CT molecular complexity index is 594. The predicted octanol–water partition coefficient (Wildman–Crippen LogP) is 3.78. The largest absolute Gasteiger partial charge is 0.384 e. The van der Waals surface area contributed by atoms with Gasteiger partial charge in [0.25, 0.3) is 0 Å². The smallest absolute Gasteiger partial charge is 0.223 e. The van der Waals surface area contributed by atoms with Crippen LogP contribution in [0.3, 0.4) is 0 Å². The van der Waals surface area contributed by atoms with Gasteiger partial charge in [0.15, 0.2) is 0 Å². The van der Waals surface area contributed by atoms with Gasteiger partial charge in [0.1, 0.15) is 0 Å². The van der Waals surface area contributed by atoms with Crippen molar-refractivity contribution in [3.05, 3.63) is 35.9 Å². The molecule has 27 heavy (non-hydrogen) atoms. The number of carbonyl (C=O) groups excluding carboxylic acids is 1. The molecule has 1 amide bonds. The first-order valence-electron chi connectivity index (χ1n) is 10.5. The summed E-state index contributed by atoms with van der Waals surface area (Å²) >= 11 is 0. The summed E-state index contributed by atoms with van der Waals surface area (Å²) in [5.41, 5.74) is 1.85. The van der Waals surface area contributed by atoms with Crippen LogP contribution in [0.2, 0.25) is 0 Å². The maximum atomic E-state index is 11.8. The third kappa shape index (κ3) is 5.55. The fourth-order valence-electron chi connectivity index (χ4n) is 4.67. The SMILES string of the molecule is COCC1(CC[C@@H]2CC2c2ccccc2)CCN(CCC(=O)N(C)C)CC1. The summed E-state index contributed by atoms with van der Waals surface area (Å²) in [5.74, 6) is 1.87. The second-order valence-corrected chi connectivity index (χ2v) is 8.86. The molecule has 1 aromatic rings. The summed E-state index contributed by atoms with van der Waals surface area (Å²) in [4.78, 5) is 16.0. The Morgan fingerprint density at radius 1 is 1.22 bits per heavy atom. The van der Waals surface area contributed by atoms with Crippen molar-refractivity contribution in [2.75, 3.05) is 47.4 Å². The van der Waals surface area contributed by atoms with Crippen LogP contribution >= 0.6 is 0 Å². The highest BCUT2D eigenvalue weighted by Crippen LogP contribution is 2.52. The van der Waals surface area contributed by atoms with Gasteiger partial charge in [0.2, 0.25) is 5.91 Å². The number of piperidine rings is 1. The van der Waals surface area contributed by atoms with Crippen LogP contribution in [0.5, 0.6) is 0 Å². The van der Waals surface area contributed by atoms with Gasteiger partial charge in [-0.1, -0.05) is 30.3 Å². The van der Waals surface area contributed by atoms with Crippen molar-refractivity contribution < 1.29 is 9.53 Å². The van der Waals surface area contributed by atoms with E-state index in [0.717, 1.165) is 38.1 Å². The van der Waals surface area contributed by atoms with Gasteiger partial charge in [-0.3, -0.25) is 4.79 Å². The van der Waals surface area contributed by atoms with E-state index in [1.54, 1.807) is 4.90 Å². The molecular weight excluding hydrogens is 336 g/mol. The molecule has 1 heterocycles. The summed E-state index contributed by atoms with van der Waals surface area (Å²) in [6.07, 6.45) is 6.97. The zero-order chi connectivity index (χ0) is 19.3. The van der Waals surface area contributed by atoms with Crippen LogP contribution in [0.1, 0.15) is 50.0 Å². The van der Waals surface area contributed by atoms with Crippen molar-refractivity contribution in [2.45, 2.75) is 44.4 Å². The average molecular weight is 373 g/mol. The molecule has 3 rings (SSSR count). The number of methoxy groups -OCH3 is 1. The molecule has 4 heteroatoms. The monoisotopic (exact) mass is 372 g/mol. The Labute approximate surface area is 164 Å². The van der Waals surface area contributed by atoms with Crippen molar-refractivity contribution in [3.63, 3.8) is 0 Å². The molecule has 1 unspecified atom stereocenters. The minimum atomic E-state index is 0.226. The number of carbonyl (C=O) groups is 1. The van der Waals surface area contributed by atoms with Gasteiger partial charge < -0.3 is 14.5 Å². The standard InChI is InChI=1S/C23H36N2O2/c1-24(2)22(26)10-14-25-15-12-23(13-16-25,18-27-3)11-9-20-17-21(20)19-7-5-4-6-8-19/h4-8,20-21H,9-18H2,1-3H3/t20-,21?/m1/s1. The van der Waals surface area contributed by atoms with Crippen molar-refractivity contribution in [1.82, 2.24) is 9.80 Å². The lowest BCUT2D eigenvalue weighted by Gasteiger charge is -2.41. The van der Waals surface area contributed by atoms with E-state index < -0.39 is 0 Å². The Morgan fingerprint density at radius 3 is 2.56 bits per heavy atom. The quantitative estimate of drug-likeness (QED) is 0.661. The Morgan fingerprint density at radius 2 is 1.93 bits per heavy atom. The van der Waals surface area contributed by atoms with E-state index in [2.05, 4.69) is 35.2 Å². The summed E-state index contributed by atoms with van der Waals surface area (Å²) in [6.45, 7) is 3.95. The molecule has 1 saturated heterocycles. The Hall–Kier alpha value is -1.39. The van der Waals surface area contributed by atoms with E-state index in [9.17, 15) is 4.79 Å². The normalized spacial score (nSPS) is 24.6. The minimum absolute atomic E-state index is 0.226. The molecule has 0 bridgehead atoms. The molecule has 0 aromatic heterocycles. The third-order valence-corrected chi connectivity index (χ3v) is 6.70. The van der Waals surface area contributed by atoms with Crippen molar-refractivity contribution in [2.24, 2.45) is 11.3 Å². The summed E-state index contributed by atoms with van der Waals surface area (Å²) in [6, 6.07) is 11.0. The van der Waals surface area contributed by atoms with Gasteiger partial charge in [-0.25, -0.2) is 0 Å². The highest BCUT2D eigenvalue weighted by molar-refractivity contribution is 5.75. The highest BCUT2D eigenvalue weighted by Gasteiger charge is 2.41. The van der Waals surface area contributed by atoms with E-state index in [0.29, 0.717) is 11.8 Å². The predicted molar refractivity (Wildman–Crippen MR) is 110 cm³/mol. The lowest BCUT2D eigenvalue weighted by atomic mass is 9.74. The summed E-state index contributed by atoms with van der Waals surface area (Å²) in [7, 11) is 5.51. The second-order valence-electron chi connectivity index (χ2n) is 8.86. The summed E-state index contributed by atoms with van der Waals surface area (Å²) < 4.78 is 5.63. The van der Waals surface area contributed by atoms with E-state index >= 15 is 0 Å². The fraction of sp³-hybridized carbons (Fsp3) is 0.696. The van der Waals surface area contributed by atoms with Crippen LogP contribution in [-0.2, 0) is 9.53 Å². The van der Waals surface area contributed by atoms with E-state index in [1.165, 1.54) is 37.7 Å². The number of hydrogen-bond donors (Lipinski definition) is 0. The molecule has 1 aliphatic heterocycles. The number of rotatable bonds is 9. The molecular formula is C23H36N2O2. The maximum Gasteiger partial charge on any atom is 0.223 e. The Balaban J connectivity index is 1.44. The van der Waals surface area contributed by atoms with Crippen molar-refractivity contribution >= 4 is 5.91 Å². The topological polar surface area (TPSA) is 32.8 Å². The van der Waals surface area contributed by atoms with Crippen LogP contribution in [0.15, 0.2) is 30.3 Å². The van der Waals surface area contributed by atoms with Gasteiger partial charge >= 0.3 is 0 Å². The molecule has 4 nitrogen and oxygen atoms in total. The lowest BCUT2D eigenvalue weighted by molar-refractivity contribution is -0.129. The average Bonchev–Trinajstić information content (AvgIpc) is 3.46. The van der Waals surface area contributed by atoms with Crippen LogP contribution in [0.4, 0.5) is 0 Å². The number of amides is 1. The molecule has 1 aromatic carbocycles. The van der Waals surface area contributed by atoms with Gasteiger partial charge in [-0.2, -0.15) is 0 Å². The van der Waals surface area contributed by atoms with E-state index in [1.807, 2.05) is 21.2 Å². The molecule has 0 radical (unpaired) electrons. The third-order valence-electron chi connectivity index (χ3n) is 6.70. The number of hydrogen-bond acceptors (Lipinski definition) is 3. The maximum absolute atomic E-state index is 11.8. The minimum Gasteiger partial charge on any atom is -0.384 e. The van der Waals surface area contributed by atoms with Crippen LogP contribution in [0.25, 0.3) is 0 Å². The van der Waals surface area contributed by atoms with E-state index in [4.69, 9.17) is 4.74 Å². The lowest BCUT2D eigenvalue weighted by Crippen LogP contribution is -2.43. The fourth-order valence-corrected chi connectivity index (χ4v) is 4.67. The zero-order valence-electron chi connectivity index (χ0n) is 17.3. The number of likely N-dealkylation sites (tertiary alicyclic amines) is 1. The first kappa shape index (κ1) is 20.3. The van der Waals surface area contributed by atoms with Crippen LogP contribution < -0.4 is 0 Å². The molecule has 2 fully saturated rings. The zero-order valence-corrected chi connectivity index (χ0v) is 17.3. The van der Waals surface area contributed by atoms with Crippen LogP contribution in [0, 0.1) is 11.3 Å². The molecule has 1 saturated carbocycles. The molecule has 0 N–H and O–H groups in total. The molecule has 0 spiro atoms. The van der Waals surface area contributed by atoms with Gasteiger partial charge in [-0.15, -0.1) is 0 Å². The van der Waals surface area contributed by atoms with Gasteiger partial charge in [0.05, 0.1) is 6.61 Å². The van der Waals surface area contributed by atoms with Crippen molar-refractivity contribution in [3.8, 4) is 0 Å². The molecule has 2 atom stereocenters. The van der Waals surface area contributed by atoms with Gasteiger partial charge in [0, 0.05) is 34.2 Å².